The van der Waals surface area contributed by atoms with Crippen molar-refractivity contribution in [3.05, 3.63) is 57.9 Å². The molecule has 7 heteroatoms. The number of esters is 2. The van der Waals surface area contributed by atoms with Crippen molar-refractivity contribution in [2.24, 2.45) is 0 Å². The summed E-state index contributed by atoms with van der Waals surface area (Å²) < 4.78 is 10.1. The van der Waals surface area contributed by atoms with Gasteiger partial charge >= 0.3 is 11.9 Å². The Balaban J connectivity index is 3.08. The summed E-state index contributed by atoms with van der Waals surface area (Å²) in [6.45, 7) is 29.9. The monoisotopic (exact) mass is 636 g/mol. The lowest BCUT2D eigenvalue weighted by molar-refractivity contribution is -0.137. The van der Waals surface area contributed by atoms with Crippen LogP contribution in [-0.2, 0) is 53.6 Å². The largest absolute Gasteiger partial charge is 0.507 e. The Labute approximate surface area is 275 Å². The summed E-state index contributed by atoms with van der Waals surface area (Å²) in [6, 6.07) is 4.01. The van der Waals surface area contributed by atoms with Crippen LogP contribution in [0.25, 0.3) is 0 Å². The van der Waals surface area contributed by atoms with Gasteiger partial charge in [-0.2, -0.15) is 0 Å². The van der Waals surface area contributed by atoms with Gasteiger partial charge in [-0.25, -0.2) is 0 Å². The van der Waals surface area contributed by atoms with Crippen LogP contribution in [0, 0.1) is 12.5 Å². The smallest absolute Gasteiger partial charge is 0.320 e. The lowest BCUT2D eigenvalue weighted by atomic mass is 9.76. The van der Waals surface area contributed by atoms with E-state index in [0.29, 0.717) is 12.2 Å². The van der Waals surface area contributed by atoms with Gasteiger partial charge in [0.1, 0.15) is 23.4 Å². The minimum atomic E-state index is -0.519. The van der Waals surface area contributed by atoms with Crippen LogP contribution in [0.5, 0.6) is 11.5 Å². The highest BCUT2D eigenvalue weighted by Gasteiger charge is 2.35. The number of rotatable bonds is 8. The minimum absolute atomic E-state index is 0.0491. The van der Waals surface area contributed by atoms with E-state index >= 15 is 0 Å². The van der Waals surface area contributed by atoms with Crippen molar-refractivity contribution in [3.8, 4) is 24.0 Å². The van der Waals surface area contributed by atoms with Gasteiger partial charge in [0.15, 0.2) is 0 Å². The molecule has 6 nitrogen and oxygen atoms in total. The number of benzene rings is 2. The van der Waals surface area contributed by atoms with Gasteiger partial charge in [0.25, 0.3) is 0 Å². The molecule has 0 aliphatic heterocycles. The number of phenolic OH excluding ortho intramolecular Hbond substituents is 2. The number of carbonyl (C=O) groups is 2. The zero-order chi connectivity index (χ0) is 34.9. The molecule has 0 heterocycles. The predicted molar refractivity (Wildman–Crippen MR) is 183 cm³/mol. The van der Waals surface area contributed by atoms with Crippen molar-refractivity contribution in [1.82, 2.24) is 0 Å². The maximum absolute atomic E-state index is 12.3. The van der Waals surface area contributed by atoms with Gasteiger partial charge in [-0.15, -0.1) is 0 Å². The average Bonchev–Trinajstić information content (AvgIpc) is 2.80. The molecule has 0 amide bonds. The van der Waals surface area contributed by atoms with Crippen molar-refractivity contribution >= 4 is 23.7 Å². The Hall–Kier alpha value is -3.37. The van der Waals surface area contributed by atoms with Gasteiger partial charge < -0.3 is 19.7 Å². The quantitative estimate of drug-likeness (QED) is 0.170. The Morgan fingerprint density at radius 1 is 0.822 bits per heavy atom. The van der Waals surface area contributed by atoms with E-state index < -0.39 is 28.2 Å². The second kappa shape index (κ2) is 13.5. The maximum Gasteiger partial charge on any atom is 0.320 e. The molecule has 2 N–H and O–H groups in total. The molecule has 2 aromatic rings. The Morgan fingerprint density at radius 2 is 1.36 bits per heavy atom. The third kappa shape index (κ3) is 9.33. The second-order valence-corrected chi connectivity index (χ2v) is 16.8. The number of hydrogen-bond acceptors (Lipinski definition) is 7. The molecule has 0 saturated heterocycles. The molecular weight excluding hydrogens is 584 g/mol. The first-order chi connectivity index (χ1) is 20.3. The molecule has 0 saturated carbocycles. The minimum Gasteiger partial charge on any atom is -0.507 e. The first kappa shape index (κ1) is 37.8. The highest BCUT2D eigenvalue weighted by Crippen LogP contribution is 2.52. The van der Waals surface area contributed by atoms with Crippen LogP contribution in [0.2, 0.25) is 0 Å². The van der Waals surface area contributed by atoms with E-state index in [4.69, 9.17) is 15.9 Å². The van der Waals surface area contributed by atoms with E-state index in [1.165, 1.54) is 18.7 Å². The van der Waals surface area contributed by atoms with E-state index in [2.05, 4.69) is 48.1 Å². The predicted octanol–water partition coefficient (Wildman–Crippen LogP) is 9.12. The molecule has 246 valence electrons. The lowest BCUT2D eigenvalue weighted by Crippen LogP contribution is -2.22. The highest BCUT2D eigenvalue weighted by molar-refractivity contribution is 7.99. The zero-order valence-electron chi connectivity index (χ0n) is 29.5. The van der Waals surface area contributed by atoms with Gasteiger partial charge in [0, 0.05) is 39.8 Å². The Bertz CT molecular complexity index is 1510. The molecule has 0 aliphatic carbocycles. The molecule has 0 fully saturated rings. The molecule has 0 unspecified atom stereocenters. The maximum atomic E-state index is 12.3. The zero-order valence-corrected chi connectivity index (χ0v) is 30.3. The number of hydrogen-bond donors (Lipinski definition) is 2. The molecule has 45 heavy (non-hydrogen) atoms. The SMILES string of the molecule is C#COC(=O)CCc1cc(Sc2c(CC(=C)OC(C)=O)cc(C(C)(C)C)c(O)c2C(C)(C)C)c(C(C)(C)C)c(O)c1C(C)(C)C. The molecular formula is C38H52O6S. The standard InChI is InChI=1S/C38H52O6S/c1-16-43-28(40)18-17-24-21-27(30(37(10,11)12)33(42)29(24)36(7,8)9)45-34-25(19-22(2)44-23(3)39)20-26(35(4,5)6)32(41)31(34)38(13,14)15/h1,20-21,41-42H,2,17-19H2,3-15H3. The van der Waals surface area contributed by atoms with Crippen LogP contribution in [0.3, 0.4) is 0 Å². The van der Waals surface area contributed by atoms with E-state index in [0.717, 1.165) is 43.2 Å². The second-order valence-electron chi connectivity index (χ2n) is 15.8. The summed E-state index contributed by atoms with van der Waals surface area (Å²) in [6.07, 6.45) is 7.73. The fourth-order valence-electron chi connectivity index (χ4n) is 5.68. The third-order valence-corrected chi connectivity index (χ3v) is 8.60. The van der Waals surface area contributed by atoms with Crippen molar-refractivity contribution in [2.75, 3.05) is 0 Å². The highest BCUT2D eigenvalue weighted by atomic mass is 32.2. The number of ether oxygens (including phenoxy) is 2. The molecule has 0 radical (unpaired) electrons. The van der Waals surface area contributed by atoms with Crippen LogP contribution < -0.4 is 0 Å². The van der Waals surface area contributed by atoms with E-state index in [9.17, 15) is 19.8 Å². The van der Waals surface area contributed by atoms with Gasteiger partial charge in [-0.1, -0.05) is 108 Å². The van der Waals surface area contributed by atoms with E-state index in [1.807, 2.05) is 59.8 Å². The summed E-state index contributed by atoms with van der Waals surface area (Å²) >= 11 is 1.46. The fraction of sp³-hybridized carbons (Fsp3) is 0.526. The first-order valence-electron chi connectivity index (χ1n) is 15.3. The van der Waals surface area contributed by atoms with Gasteiger partial charge in [-0.3, -0.25) is 9.59 Å². The summed E-state index contributed by atoms with van der Waals surface area (Å²) in [7, 11) is 0. The molecule has 0 bridgehead atoms. The van der Waals surface area contributed by atoms with Gasteiger partial charge in [-0.05, 0) is 56.9 Å². The molecule has 2 aromatic carbocycles. The normalized spacial score (nSPS) is 12.4. The van der Waals surface area contributed by atoms with Crippen molar-refractivity contribution < 1.29 is 29.3 Å². The van der Waals surface area contributed by atoms with Crippen LogP contribution in [0.15, 0.2) is 34.3 Å². The first-order valence-corrected chi connectivity index (χ1v) is 16.1. The van der Waals surface area contributed by atoms with Crippen molar-refractivity contribution in [3.63, 3.8) is 0 Å². The third-order valence-electron chi connectivity index (χ3n) is 7.39. The number of carbonyl (C=O) groups excluding carboxylic acids is 2. The number of aryl methyl sites for hydroxylation is 1. The van der Waals surface area contributed by atoms with Crippen LogP contribution in [0.4, 0.5) is 0 Å². The van der Waals surface area contributed by atoms with Crippen LogP contribution in [0.1, 0.15) is 130 Å². The van der Waals surface area contributed by atoms with Crippen molar-refractivity contribution in [1.29, 1.82) is 0 Å². The summed E-state index contributed by atoms with van der Waals surface area (Å²) in [4.78, 5) is 25.7. The summed E-state index contributed by atoms with van der Waals surface area (Å²) in [5.74, 6) is -0.284. The Morgan fingerprint density at radius 3 is 1.80 bits per heavy atom. The molecule has 0 aliphatic rings. The lowest BCUT2D eigenvalue weighted by Gasteiger charge is -2.34. The van der Waals surface area contributed by atoms with Crippen LogP contribution in [-0.4, -0.2) is 22.2 Å². The number of allylic oxidation sites excluding steroid dienone is 1. The number of phenols is 2. The fourth-order valence-corrected chi connectivity index (χ4v) is 7.37. The summed E-state index contributed by atoms with van der Waals surface area (Å²) in [5.41, 5.74) is 2.93. The van der Waals surface area contributed by atoms with Gasteiger partial charge in [0.05, 0.1) is 6.42 Å². The van der Waals surface area contributed by atoms with Crippen LogP contribution >= 0.6 is 11.8 Å². The molecule has 0 spiro atoms. The molecule has 2 rings (SSSR count). The number of terminal acetylenes is 1. The summed E-state index contributed by atoms with van der Waals surface area (Å²) in [5, 5.41) is 23.9. The Kier molecular flexibility index (Phi) is 11.4. The van der Waals surface area contributed by atoms with E-state index in [1.54, 1.807) is 0 Å². The van der Waals surface area contributed by atoms with E-state index in [-0.39, 0.29) is 29.8 Å². The van der Waals surface area contributed by atoms with Gasteiger partial charge in [0.2, 0.25) is 0 Å². The number of aromatic hydroxyl groups is 2. The topological polar surface area (TPSA) is 93.1 Å². The average molecular weight is 637 g/mol. The molecule has 0 atom stereocenters. The molecule has 0 aromatic heterocycles. The van der Waals surface area contributed by atoms with Crippen molar-refractivity contribution in [2.45, 2.75) is 141 Å².